The fourth-order valence-corrected chi connectivity index (χ4v) is 4.14. The maximum Gasteiger partial charge on any atom is 0.336 e. The number of nitrogens with one attached hydrogen (secondary N) is 1. The number of halogens is 1. The second-order valence-corrected chi connectivity index (χ2v) is 8.92. The van der Waals surface area contributed by atoms with Crippen molar-refractivity contribution in [3.05, 3.63) is 81.5 Å². The quantitative estimate of drug-likeness (QED) is 0.523. The van der Waals surface area contributed by atoms with Crippen molar-refractivity contribution in [1.82, 2.24) is 10.2 Å². The molecule has 0 saturated carbocycles. The molecule has 0 radical (unpaired) electrons. The first kappa shape index (κ1) is 25.5. The summed E-state index contributed by atoms with van der Waals surface area (Å²) >= 11 is 6.03. The minimum atomic E-state index is -0.422. The summed E-state index contributed by atoms with van der Waals surface area (Å²) in [4.78, 5) is 40.0. The molecule has 1 aliphatic rings. The zero-order valence-electron chi connectivity index (χ0n) is 20.1. The number of nitrogens with zero attached hydrogens (tertiary/aromatic N) is 1. The van der Waals surface area contributed by atoms with Crippen LogP contribution >= 0.6 is 11.6 Å². The van der Waals surface area contributed by atoms with Crippen LogP contribution in [0.5, 0.6) is 0 Å². The average molecular weight is 483 g/mol. The molecule has 0 aliphatic carbocycles. The van der Waals surface area contributed by atoms with E-state index in [1.807, 2.05) is 38.1 Å². The highest BCUT2D eigenvalue weighted by Gasteiger charge is 2.36. The molecule has 6 nitrogen and oxygen atoms in total. The molecule has 0 bridgehead atoms. The monoisotopic (exact) mass is 482 g/mol. The number of ether oxygens (including phenoxy) is 1. The lowest BCUT2D eigenvalue weighted by Gasteiger charge is -2.34. The van der Waals surface area contributed by atoms with Gasteiger partial charge in [0, 0.05) is 34.7 Å². The third-order valence-electron chi connectivity index (χ3n) is 6.14. The Hall–Kier alpha value is -3.12. The Morgan fingerprint density at radius 2 is 1.76 bits per heavy atom. The van der Waals surface area contributed by atoms with Crippen molar-refractivity contribution < 1.29 is 19.1 Å². The molecule has 1 N–H and O–H groups in total. The van der Waals surface area contributed by atoms with E-state index in [1.54, 1.807) is 43.0 Å². The van der Waals surface area contributed by atoms with Crippen molar-refractivity contribution >= 4 is 29.4 Å². The van der Waals surface area contributed by atoms with E-state index in [0.717, 1.165) is 17.5 Å². The van der Waals surface area contributed by atoms with Gasteiger partial charge in [0.05, 0.1) is 18.7 Å². The Kier molecular flexibility index (Phi) is 8.51. The van der Waals surface area contributed by atoms with Crippen LogP contribution in [0.25, 0.3) is 0 Å². The summed E-state index contributed by atoms with van der Waals surface area (Å²) in [6, 6.07) is 14.5. The molecule has 0 spiro atoms. The molecular weight excluding hydrogens is 452 g/mol. The SMILES string of the molecule is CCOC(=O)C1=C(C)N(Cc2ccc(C(=O)NC(C)CC)cc2)C(=O)CC1c1ccc(Cl)cc1. The van der Waals surface area contributed by atoms with E-state index in [9.17, 15) is 14.4 Å². The molecule has 3 rings (SSSR count). The number of hydrogen-bond donors (Lipinski definition) is 1. The van der Waals surface area contributed by atoms with Crippen molar-refractivity contribution in [2.75, 3.05) is 6.61 Å². The Morgan fingerprint density at radius 3 is 2.35 bits per heavy atom. The second-order valence-electron chi connectivity index (χ2n) is 8.49. The molecule has 0 saturated heterocycles. The predicted molar refractivity (Wildman–Crippen MR) is 132 cm³/mol. The fraction of sp³-hybridized carbons (Fsp3) is 0.370. The standard InChI is InChI=1S/C27H31ClN2O4/c1-5-17(3)29-26(32)21-9-7-19(8-10-21)16-30-18(4)25(27(33)34-6-2)23(15-24(30)31)20-11-13-22(28)14-12-20/h7-14,17,23H,5-6,15-16H2,1-4H3,(H,29,32). The van der Waals surface area contributed by atoms with Crippen LogP contribution in [0, 0.1) is 0 Å². The molecule has 1 heterocycles. The van der Waals surface area contributed by atoms with E-state index >= 15 is 0 Å². The topological polar surface area (TPSA) is 75.7 Å². The van der Waals surface area contributed by atoms with Gasteiger partial charge in [-0.1, -0.05) is 42.8 Å². The maximum atomic E-state index is 13.2. The Morgan fingerprint density at radius 1 is 1.12 bits per heavy atom. The molecule has 34 heavy (non-hydrogen) atoms. The first-order valence-electron chi connectivity index (χ1n) is 11.6. The number of rotatable bonds is 8. The molecule has 2 atom stereocenters. The minimum Gasteiger partial charge on any atom is -0.463 e. The summed E-state index contributed by atoms with van der Waals surface area (Å²) < 4.78 is 5.34. The van der Waals surface area contributed by atoms with Crippen molar-refractivity contribution in [1.29, 1.82) is 0 Å². The first-order valence-corrected chi connectivity index (χ1v) is 12.0. The van der Waals surface area contributed by atoms with Crippen molar-refractivity contribution in [2.24, 2.45) is 0 Å². The Labute approximate surface area is 205 Å². The van der Waals surface area contributed by atoms with Crippen LogP contribution in [0.15, 0.2) is 59.8 Å². The van der Waals surface area contributed by atoms with Crippen LogP contribution in [0.2, 0.25) is 5.02 Å². The molecule has 2 amide bonds. The molecule has 180 valence electrons. The maximum absolute atomic E-state index is 13.2. The molecule has 2 aromatic carbocycles. The van der Waals surface area contributed by atoms with E-state index < -0.39 is 11.9 Å². The lowest BCUT2D eigenvalue weighted by Crippen LogP contribution is -2.38. The summed E-state index contributed by atoms with van der Waals surface area (Å²) in [6.45, 7) is 8.06. The normalized spacial score (nSPS) is 16.9. The smallest absolute Gasteiger partial charge is 0.336 e. The largest absolute Gasteiger partial charge is 0.463 e. The highest BCUT2D eigenvalue weighted by molar-refractivity contribution is 6.30. The molecular formula is C27H31ClN2O4. The number of allylic oxidation sites excluding steroid dienone is 1. The van der Waals surface area contributed by atoms with Gasteiger partial charge in [-0.3, -0.25) is 9.59 Å². The van der Waals surface area contributed by atoms with E-state index in [1.165, 1.54) is 0 Å². The van der Waals surface area contributed by atoms with E-state index in [-0.39, 0.29) is 30.9 Å². The average Bonchev–Trinajstić information content (AvgIpc) is 2.82. The predicted octanol–water partition coefficient (Wildman–Crippen LogP) is 5.22. The summed E-state index contributed by atoms with van der Waals surface area (Å²) in [5, 5.41) is 3.53. The summed E-state index contributed by atoms with van der Waals surface area (Å²) in [5.41, 5.74) is 3.33. The number of amides is 2. The van der Waals surface area contributed by atoms with Gasteiger partial charge >= 0.3 is 5.97 Å². The van der Waals surface area contributed by atoms with E-state index in [2.05, 4.69) is 5.32 Å². The van der Waals surface area contributed by atoms with Gasteiger partial charge in [0.2, 0.25) is 5.91 Å². The van der Waals surface area contributed by atoms with Gasteiger partial charge in [-0.25, -0.2) is 4.79 Å². The number of carbonyl (C=O) groups excluding carboxylic acids is 3. The van der Waals surface area contributed by atoms with Crippen LogP contribution in [0.3, 0.4) is 0 Å². The second kappa shape index (κ2) is 11.3. The minimum absolute atomic E-state index is 0.0795. The summed E-state index contributed by atoms with van der Waals surface area (Å²) in [6.07, 6.45) is 1.01. The van der Waals surface area contributed by atoms with Crippen LogP contribution in [0.1, 0.15) is 67.9 Å². The van der Waals surface area contributed by atoms with Gasteiger partial charge in [0.15, 0.2) is 0 Å². The van der Waals surface area contributed by atoms with Gasteiger partial charge in [-0.2, -0.15) is 0 Å². The lowest BCUT2D eigenvalue weighted by atomic mass is 9.83. The van der Waals surface area contributed by atoms with Crippen LogP contribution in [-0.4, -0.2) is 35.3 Å². The van der Waals surface area contributed by atoms with Gasteiger partial charge in [0.25, 0.3) is 5.91 Å². The lowest BCUT2D eigenvalue weighted by molar-refractivity contribution is -0.140. The number of benzene rings is 2. The molecule has 1 aliphatic heterocycles. The van der Waals surface area contributed by atoms with Gasteiger partial charge in [0.1, 0.15) is 0 Å². The van der Waals surface area contributed by atoms with Crippen LogP contribution in [-0.2, 0) is 20.9 Å². The number of esters is 1. The van der Waals surface area contributed by atoms with E-state index in [4.69, 9.17) is 16.3 Å². The molecule has 2 unspecified atom stereocenters. The van der Waals surface area contributed by atoms with Crippen LogP contribution in [0.4, 0.5) is 0 Å². The summed E-state index contributed by atoms with van der Waals surface area (Å²) in [7, 11) is 0. The van der Waals surface area contributed by atoms with Crippen molar-refractivity contribution in [3.8, 4) is 0 Å². The van der Waals surface area contributed by atoms with Crippen molar-refractivity contribution in [2.45, 2.75) is 59.0 Å². The zero-order chi connectivity index (χ0) is 24.8. The van der Waals surface area contributed by atoms with Gasteiger partial charge in [-0.05, 0) is 62.6 Å². The first-order chi connectivity index (χ1) is 16.2. The fourth-order valence-electron chi connectivity index (χ4n) is 4.01. The molecule has 2 aromatic rings. The molecule has 7 heteroatoms. The highest BCUT2D eigenvalue weighted by Crippen LogP contribution is 2.38. The Balaban J connectivity index is 1.88. The molecule has 0 fully saturated rings. The zero-order valence-corrected chi connectivity index (χ0v) is 20.8. The van der Waals surface area contributed by atoms with Gasteiger partial charge < -0.3 is 15.0 Å². The third-order valence-corrected chi connectivity index (χ3v) is 6.39. The summed E-state index contributed by atoms with van der Waals surface area (Å²) in [5.74, 6) is -1.02. The van der Waals surface area contributed by atoms with Gasteiger partial charge in [-0.15, -0.1) is 0 Å². The third kappa shape index (κ3) is 5.86. The number of carbonyl (C=O) groups is 3. The Bertz CT molecular complexity index is 1080. The number of hydrogen-bond acceptors (Lipinski definition) is 4. The van der Waals surface area contributed by atoms with E-state index in [0.29, 0.717) is 28.4 Å². The highest BCUT2D eigenvalue weighted by atomic mass is 35.5. The molecule has 0 aromatic heterocycles. The van der Waals surface area contributed by atoms with Crippen LogP contribution < -0.4 is 5.32 Å². The van der Waals surface area contributed by atoms with Crippen molar-refractivity contribution in [3.63, 3.8) is 0 Å².